The molecule has 24 heteroatoms. The van der Waals surface area contributed by atoms with Gasteiger partial charge in [-0.1, -0.05) is 50.2 Å². The number of amides is 8. The van der Waals surface area contributed by atoms with Gasteiger partial charge in [-0.15, -0.1) is 0 Å². The van der Waals surface area contributed by atoms with Crippen LogP contribution in [-0.2, 0) is 62.4 Å². The van der Waals surface area contributed by atoms with Gasteiger partial charge in [0.2, 0.25) is 47.3 Å². The summed E-state index contributed by atoms with van der Waals surface area (Å²) in [4.78, 5) is 122. The number of benzene rings is 3. The van der Waals surface area contributed by atoms with Gasteiger partial charge in [-0.25, -0.2) is 4.79 Å². The number of likely N-dealkylation sites (tertiary alicyclic amines) is 1. The van der Waals surface area contributed by atoms with E-state index in [2.05, 4.69) is 31.9 Å². The van der Waals surface area contributed by atoms with Crippen LogP contribution in [0, 0.1) is 5.92 Å². The van der Waals surface area contributed by atoms with Crippen molar-refractivity contribution in [3.8, 4) is 17.2 Å². The van der Waals surface area contributed by atoms with E-state index in [1.807, 2.05) is 0 Å². The monoisotopic (exact) mass is 1050 g/mol. The molecule has 4 rings (SSSR count). The number of primary amides is 1. The molecule has 1 aliphatic heterocycles. The van der Waals surface area contributed by atoms with Crippen molar-refractivity contribution in [3.63, 3.8) is 0 Å². The predicted molar refractivity (Wildman–Crippen MR) is 271 cm³/mol. The second-order valence-electron chi connectivity index (χ2n) is 18.4. The number of nitrogens with zero attached hydrogens (tertiary/aromatic N) is 1. The maximum absolute atomic E-state index is 14.5. The van der Waals surface area contributed by atoms with Crippen LogP contribution in [0.3, 0.4) is 0 Å². The number of carbonyl (C=O) groups excluding carboxylic acids is 8. The number of carboxylic acids is 1. The van der Waals surface area contributed by atoms with Gasteiger partial charge in [-0.3, -0.25) is 38.4 Å². The lowest BCUT2D eigenvalue weighted by Crippen LogP contribution is -2.61. The first-order chi connectivity index (χ1) is 35.1. The zero-order chi connectivity index (χ0) is 54.6. The molecule has 1 fully saturated rings. The van der Waals surface area contributed by atoms with Crippen LogP contribution < -0.4 is 43.4 Å². The Morgan fingerprint density at radius 2 is 1.05 bits per heavy atom. The number of hydrogen-bond donors (Lipinski definition) is 13. The largest absolute Gasteiger partial charge is 0.508 e. The van der Waals surface area contributed by atoms with Crippen molar-refractivity contribution in [1.82, 2.24) is 36.8 Å². The molecule has 1 saturated heterocycles. The fourth-order valence-corrected chi connectivity index (χ4v) is 8.53. The third-order valence-electron chi connectivity index (χ3n) is 12.0. The predicted octanol–water partition coefficient (Wildman–Crippen LogP) is -1.19. The summed E-state index contributed by atoms with van der Waals surface area (Å²) in [6, 6.07) is 6.15. The lowest BCUT2D eigenvalue weighted by atomic mass is 9.99. The highest BCUT2D eigenvalue weighted by atomic mass is 32.2. The second kappa shape index (κ2) is 28.7. The molecule has 0 saturated carbocycles. The molecule has 74 heavy (non-hydrogen) atoms. The Balaban J connectivity index is 1.55. The molecule has 0 aromatic heterocycles. The molecule has 8 atom stereocenters. The number of nitrogens with one attached hydrogen (secondary N) is 6. The second-order valence-corrected chi connectivity index (χ2v) is 19.4. The van der Waals surface area contributed by atoms with Crippen LogP contribution in [0.4, 0.5) is 0 Å². The van der Waals surface area contributed by atoms with Crippen molar-refractivity contribution in [2.75, 3.05) is 25.2 Å². The van der Waals surface area contributed by atoms with Gasteiger partial charge in [-0.05, 0) is 96.7 Å². The number of rotatable bonds is 28. The van der Waals surface area contributed by atoms with E-state index < -0.39 is 115 Å². The van der Waals surface area contributed by atoms with E-state index in [4.69, 9.17) is 11.5 Å². The average Bonchev–Trinajstić information content (AvgIpc) is 3.85. The van der Waals surface area contributed by atoms with E-state index in [0.717, 1.165) is 0 Å². The van der Waals surface area contributed by atoms with E-state index in [0.29, 0.717) is 28.9 Å². The molecule has 1 aliphatic rings. The molecule has 1 heterocycles. The van der Waals surface area contributed by atoms with Crippen molar-refractivity contribution < 1.29 is 68.7 Å². The van der Waals surface area contributed by atoms with Crippen molar-refractivity contribution in [3.05, 3.63) is 89.5 Å². The zero-order valence-corrected chi connectivity index (χ0v) is 42.1. The van der Waals surface area contributed by atoms with Crippen LogP contribution in [0.2, 0.25) is 0 Å². The number of aliphatic hydroxyl groups is 1. The van der Waals surface area contributed by atoms with E-state index in [1.54, 1.807) is 20.1 Å². The number of aromatic hydroxyl groups is 3. The molecular weight excluding hydrogens is 983 g/mol. The Hall–Kier alpha value is -7.44. The first-order valence-corrected chi connectivity index (χ1v) is 25.3. The van der Waals surface area contributed by atoms with Crippen molar-refractivity contribution >= 4 is 65.0 Å². The fraction of sp³-hybridized carbons (Fsp3) is 0.460. The Morgan fingerprint density at radius 1 is 0.622 bits per heavy atom. The number of phenolic OH excluding ortho intramolecular Hbond substituents is 3. The van der Waals surface area contributed by atoms with Gasteiger partial charge in [0.15, 0.2) is 0 Å². The van der Waals surface area contributed by atoms with Crippen molar-refractivity contribution in [2.45, 2.75) is 114 Å². The SMILES string of the molecule is CSCC[C@@H](NC(=O)[C@H](N)CC(N)=O)C(=O)N[C@H](Cc1ccc(O)cc1)C(=O)N1CCC[C@H]1C(=O)N[C@H](CO)C(=O)N[C@H](Cc1ccc(O)cc1)C(=O)N[C@H](CC(C)C)C(=O)N[C@H](Cc1ccc(O)cc1)C(=O)O. The van der Waals surface area contributed by atoms with Crippen LogP contribution in [0.1, 0.15) is 62.6 Å². The fourth-order valence-electron chi connectivity index (χ4n) is 8.06. The minimum Gasteiger partial charge on any atom is -0.508 e. The van der Waals surface area contributed by atoms with Crippen molar-refractivity contribution in [2.24, 2.45) is 17.4 Å². The number of aliphatic carboxylic acids is 1. The minimum absolute atomic E-state index is 0.0352. The van der Waals surface area contributed by atoms with Gasteiger partial charge in [0.1, 0.15) is 59.5 Å². The maximum atomic E-state index is 14.5. The smallest absolute Gasteiger partial charge is 0.326 e. The number of aliphatic hydroxyl groups excluding tert-OH is 1. The summed E-state index contributed by atoms with van der Waals surface area (Å²) in [6.45, 7) is 2.60. The third kappa shape index (κ3) is 18.6. The molecule has 402 valence electrons. The number of carboxylic acid groups (broad SMARTS) is 1. The highest BCUT2D eigenvalue weighted by molar-refractivity contribution is 7.98. The molecule has 15 N–H and O–H groups in total. The van der Waals surface area contributed by atoms with Crippen LogP contribution in [0.15, 0.2) is 72.8 Å². The number of thioether (sulfide) groups is 1. The Bertz CT molecular complexity index is 2430. The highest BCUT2D eigenvalue weighted by Crippen LogP contribution is 2.22. The first-order valence-electron chi connectivity index (χ1n) is 23.9. The molecule has 8 amide bonds. The van der Waals surface area contributed by atoms with Gasteiger partial charge < -0.3 is 73.8 Å². The third-order valence-corrected chi connectivity index (χ3v) is 12.6. The van der Waals surface area contributed by atoms with Crippen LogP contribution in [-0.4, -0.2) is 157 Å². The minimum atomic E-state index is -1.70. The number of nitrogens with two attached hydrogens (primary N) is 2. The molecule has 3 aromatic rings. The standard InChI is InChI=1S/C50H67N9O14S/c1-27(2)21-36(45(67)57-39(50(72)73)24-30-10-16-33(63)17-11-30)54-46(68)37(22-28-6-12-31(61)13-7-28)55-47(69)40(26-60)58-48(70)41-5-4-19-59(41)49(71)38(23-29-8-14-32(62)15-9-29)56-44(66)35(18-20-74-3)53-43(65)34(51)25-42(52)64/h6-17,27,34-41,60-63H,4-5,18-26,51H2,1-3H3,(H2,52,64)(H,53,65)(H,54,68)(H,55,69)(H,56,66)(H,57,67)(H,58,70)(H,72,73)/t34-,35-,36-,37-,38-,39-,40-,41+/m1/s1. The number of carbonyl (C=O) groups is 9. The quantitative estimate of drug-likeness (QED) is 0.0407. The van der Waals surface area contributed by atoms with Gasteiger partial charge >= 0.3 is 5.97 Å². The van der Waals surface area contributed by atoms with Crippen LogP contribution in [0.5, 0.6) is 17.2 Å². The van der Waals surface area contributed by atoms with Gasteiger partial charge in [-0.2, -0.15) is 11.8 Å². The molecule has 0 aliphatic carbocycles. The average molecular weight is 1050 g/mol. The summed E-state index contributed by atoms with van der Waals surface area (Å²) in [5.41, 5.74) is 12.5. The number of phenols is 3. The zero-order valence-electron chi connectivity index (χ0n) is 41.3. The van der Waals surface area contributed by atoms with E-state index >= 15 is 0 Å². The Kier molecular flexibility index (Phi) is 22.9. The molecule has 0 spiro atoms. The lowest BCUT2D eigenvalue weighted by Gasteiger charge is -2.31. The van der Waals surface area contributed by atoms with Crippen molar-refractivity contribution in [1.29, 1.82) is 0 Å². The van der Waals surface area contributed by atoms with Gasteiger partial charge in [0.25, 0.3) is 0 Å². The Labute approximate surface area is 432 Å². The number of hydrogen-bond acceptors (Lipinski definition) is 15. The molecule has 23 nitrogen and oxygen atoms in total. The Morgan fingerprint density at radius 3 is 1.54 bits per heavy atom. The van der Waals surface area contributed by atoms with Crippen LogP contribution in [0.25, 0.3) is 0 Å². The van der Waals surface area contributed by atoms with E-state index in [-0.39, 0.29) is 68.2 Å². The molecule has 0 radical (unpaired) electrons. The van der Waals surface area contributed by atoms with Gasteiger partial charge in [0, 0.05) is 25.8 Å². The summed E-state index contributed by atoms with van der Waals surface area (Å²) in [5.74, 6) is -8.14. The first kappa shape index (κ1) is 59.1. The van der Waals surface area contributed by atoms with Crippen LogP contribution >= 0.6 is 11.8 Å². The lowest BCUT2D eigenvalue weighted by molar-refractivity contribution is -0.143. The normalized spacial score (nSPS) is 16.0. The summed E-state index contributed by atoms with van der Waals surface area (Å²) in [5, 5.41) is 65.3. The summed E-state index contributed by atoms with van der Waals surface area (Å²) >= 11 is 1.38. The summed E-state index contributed by atoms with van der Waals surface area (Å²) < 4.78 is 0. The van der Waals surface area contributed by atoms with E-state index in [9.17, 15) is 68.7 Å². The highest BCUT2D eigenvalue weighted by Gasteiger charge is 2.40. The molecule has 3 aromatic carbocycles. The summed E-state index contributed by atoms with van der Waals surface area (Å²) in [7, 11) is 0. The topological polar surface area (TPSA) is 382 Å². The molecular formula is C50H67N9O14S. The van der Waals surface area contributed by atoms with Gasteiger partial charge in [0.05, 0.1) is 19.1 Å². The molecule has 0 bridgehead atoms. The molecule has 0 unspecified atom stereocenters. The van der Waals surface area contributed by atoms with E-state index in [1.165, 1.54) is 89.5 Å². The summed E-state index contributed by atoms with van der Waals surface area (Å²) in [6.07, 6.45) is 1.34. The maximum Gasteiger partial charge on any atom is 0.326 e.